The molecule has 98 valence electrons. The van der Waals surface area contributed by atoms with Crippen LogP contribution in [0.4, 0.5) is 0 Å². The van der Waals surface area contributed by atoms with Crippen LogP contribution >= 0.6 is 0 Å². The summed E-state index contributed by atoms with van der Waals surface area (Å²) in [4.78, 5) is 11.9. The number of hydrogen-bond donors (Lipinski definition) is 0. The Morgan fingerprint density at radius 2 is 2.39 bits per heavy atom. The Morgan fingerprint density at radius 1 is 1.56 bits per heavy atom. The third-order valence-corrected chi connectivity index (χ3v) is 3.41. The van der Waals surface area contributed by atoms with Crippen LogP contribution in [0.15, 0.2) is 6.20 Å². The molecule has 1 atom stereocenters. The van der Waals surface area contributed by atoms with Crippen molar-refractivity contribution in [3.05, 3.63) is 17.5 Å². The number of ether oxygens (including phenoxy) is 2. The fourth-order valence-electron chi connectivity index (χ4n) is 2.33. The molecule has 0 radical (unpaired) electrons. The predicted molar refractivity (Wildman–Crippen MR) is 64.4 cm³/mol. The lowest BCUT2D eigenvalue weighted by Crippen LogP contribution is -2.09. The van der Waals surface area contributed by atoms with Crippen LogP contribution in [0, 0.1) is 0 Å². The molecule has 0 unspecified atom stereocenters. The van der Waals surface area contributed by atoms with Crippen LogP contribution in [-0.2, 0) is 9.47 Å². The van der Waals surface area contributed by atoms with Gasteiger partial charge in [-0.3, -0.25) is 4.68 Å². The van der Waals surface area contributed by atoms with Crippen molar-refractivity contribution in [3.63, 3.8) is 0 Å². The second kappa shape index (κ2) is 4.72. The lowest BCUT2D eigenvalue weighted by Gasteiger charge is -2.08. The molecular weight excluding hydrogens is 232 g/mol. The highest BCUT2D eigenvalue weighted by Crippen LogP contribution is 2.37. The molecule has 2 fully saturated rings. The summed E-state index contributed by atoms with van der Waals surface area (Å²) in [7, 11) is 0. The van der Waals surface area contributed by atoms with E-state index in [9.17, 15) is 4.79 Å². The highest BCUT2D eigenvalue weighted by molar-refractivity contribution is 5.90. The quantitative estimate of drug-likeness (QED) is 0.769. The number of aromatic nitrogens is 2. The molecule has 2 heterocycles. The molecule has 2 aliphatic rings. The van der Waals surface area contributed by atoms with Crippen molar-refractivity contribution < 1.29 is 14.3 Å². The summed E-state index contributed by atoms with van der Waals surface area (Å²) in [5.74, 6) is -0.282. The molecule has 0 spiro atoms. The van der Waals surface area contributed by atoms with Gasteiger partial charge in [0.2, 0.25) is 0 Å². The molecular formula is C13H18N2O3. The Balaban J connectivity index is 1.90. The number of carbonyl (C=O) groups is 1. The molecule has 1 saturated carbocycles. The molecule has 18 heavy (non-hydrogen) atoms. The molecule has 1 aliphatic heterocycles. The fourth-order valence-corrected chi connectivity index (χ4v) is 2.33. The van der Waals surface area contributed by atoms with E-state index in [4.69, 9.17) is 9.47 Å². The monoisotopic (exact) mass is 250 g/mol. The highest BCUT2D eigenvalue weighted by atomic mass is 16.5. The van der Waals surface area contributed by atoms with Gasteiger partial charge in [-0.05, 0) is 32.6 Å². The van der Waals surface area contributed by atoms with Gasteiger partial charge < -0.3 is 9.47 Å². The number of esters is 1. The highest BCUT2D eigenvalue weighted by Gasteiger charge is 2.32. The van der Waals surface area contributed by atoms with Crippen molar-refractivity contribution >= 4 is 5.97 Å². The average molecular weight is 250 g/mol. The van der Waals surface area contributed by atoms with Crippen molar-refractivity contribution in [3.8, 4) is 0 Å². The zero-order chi connectivity index (χ0) is 12.5. The van der Waals surface area contributed by atoms with E-state index in [1.165, 1.54) is 0 Å². The van der Waals surface area contributed by atoms with Crippen molar-refractivity contribution in [2.45, 2.75) is 44.8 Å². The Bertz CT molecular complexity index is 445. The van der Waals surface area contributed by atoms with Crippen LogP contribution in [-0.4, -0.2) is 29.0 Å². The van der Waals surface area contributed by atoms with Gasteiger partial charge in [0.05, 0.1) is 12.6 Å². The normalized spacial score (nSPS) is 23.3. The van der Waals surface area contributed by atoms with E-state index in [-0.39, 0.29) is 12.1 Å². The second-order valence-corrected chi connectivity index (χ2v) is 4.86. The molecule has 1 aliphatic carbocycles. The Hall–Kier alpha value is -1.36. The lowest BCUT2D eigenvalue weighted by molar-refractivity contribution is 0.0514. The van der Waals surface area contributed by atoms with Crippen LogP contribution in [0.1, 0.15) is 60.8 Å². The maximum atomic E-state index is 11.9. The Labute approximate surface area is 106 Å². The molecule has 5 heteroatoms. The van der Waals surface area contributed by atoms with E-state index in [1.807, 2.05) is 17.8 Å². The molecule has 0 bridgehead atoms. The van der Waals surface area contributed by atoms with Gasteiger partial charge in [0.1, 0.15) is 17.4 Å². The molecule has 1 aromatic heterocycles. The molecule has 1 saturated heterocycles. The number of carbonyl (C=O) groups excluding carboxylic acids is 1. The van der Waals surface area contributed by atoms with Crippen molar-refractivity contribution in [2.24, 2.45) is 0 Å². The Morgan fingerprint density at radius 3 is 3.00 bits per heavy atom. The summed E-state index contributed by atoms with van der Waals surface area (Å²) in [5.41, 5.74) is 1.34. The van der Waals surface area contributed by atoms with Gasteiger partial charge >= 0.3 is 5.97 Å². The van der Waals surface area contributed by atoms with E-state index in [1.54, 1.807) is 0 Å². The summed E-state index contributed by atoms with van der Waals surface area (Å²) in [6, 6.07) is 0.466. The van der Waals surface area contributed by atoms with E-state index < -0.39 is 0 Å². The van der Waals surface area contributed by atoms with Gasteiger partial charge in [-0.2, -0.15) is 5.10 Å². The van der Waals surface area contributed by atoms with E-state index >= 15 is 0 Å². The number of rotatable bonds is 4. The first kappa shape index (κ1) is 11.7. The van der Waals surface area contributed by atoms with Gasteiger partial charge in [-0.15, -0.1) is 0 Å². The summed E-state index contributed by atoms with van der Waals surface area (Å²) in [6.45, 7) is 2.95. The second-order valence-electron chi connectivity index (χ2n) is 4.86. The van der Waals surface area contributed by atoms with Gasteiger partial charge in [0, 0.05) is 12.8 Å². The summed E-state index contributed by atoms with van der Waals surface area (Å²) in [5, 5.41) is 4.55. The van der Waals surface area contributed by atoms with Gasteiger partial charge in [0.25, 0.3) is 0 Å². The van der Waals surface area contributed by atoms with Crippen molar-refractivity contribution in [1.82, 2.24) is 9.78 Å². The SMILES string of the molecule is CCOC(=O)c1cn(C2CC2)nc1[C@H]1CCCO1. The lowest BCUT2D eigenvalue weighted by atomic mass is 10.1. The van der Waals surface area contributed by atoms with Crippen LogP contribution < -0.4 is 0 Å². The maximum Gasteiger partial charge on any atom is 0.341 e. The van der Waals surface area contributed by atoms with Crippen LogP contribution in [0.25, 0.3) is 0 Å². The molecule has 5 nitrogen and oxygen atoms in total. The molecule has 1 aromatic rings. The third kappa shape index (κ3) is 2.14. The maximum absolute atomic E-state index is 11.9. The Kier molecular flexibility index (Phi) is 3.07. The predicted octanol–water partition coefficient (Wildman–Crippen LogP) is 2.25. The minimum Gasteiger partial charge on any atom is -0.462 e. The number of nitrogens with zero attached hydrogens (tertiary/aromatic N) is 2. The van der Waals surface area contributed by atoms with Crippen LogP contribution in [0.5, 0.6) is 0 Å². The fraction of sp³-hybridized carbons (Fsp3) is 0.692. The zero-order valence-electron chi connectivity index (χ0n) is 10.6. The summed E-state index contributed by atoms with van der Waals surface area (Å²) >= 11 is 0. The average Bonchev–Trinajstić information content (AvgIpc) is 2.93. The van der Waals surface area contributed by atoms with Gasteiger partial charge in [0.15, 0.2) is 0 Å². The molecule has 0 N–H and O–H groups in total. The van der Waals surface area contributed by atoms with Crippen LogP contribution in [0.3, 0.4) is 0 Å². The first-order valence-electron chi connectivity index (χ1n) is 6.67. The van der Waals surface area contributed by atoms with E-state index in [2.05, 4.69) is 5.10 Å². The largest absolute Gasteiger partial charge is 0.462 e. The summed E-state index contributed by atoms with van der Waals surface area (Å²) < 4.78 is 12.6. The van der Waals surface area contributed by atoms with Crippen molar-refractivity contribution in [2.75, 3.05) is 13.2 Å². The van der Waals surface area contributed by atoms with Gasteiger partial charge in [-0.1, -0.05) is 0 Å². The number of hydrogen-bond acceptors (Lipinski definition) is 4. The minimum absolute atomic E-state index is 0.0376. The smallest absolute Gasteiger partial charge is 0.341 e. The van der Waals surface area contributed by atoms with Crippen molar-refractivity contribution in [1.29, 1.82) is 0 Å². The van der Waals surface area contributed by atoms with E-state index in [0.29, 0.717) is 18.2 Å². The van der Waals surface area contributed by atoms with E-state index in [0.717, 1.165) is 38.0 Å². The molecule has 3 rings (SSSR count). The topological polar surface area (TPSA) is 53.4 Å². The first-order chi connectivity index (χ1) is 8.79. The zero-order valence-corrected chi connectivity index (χ0v) is 10.6. The molecule has 0 aromatic carbocycles. The van der Waals surface area contributed by atoms with Crippen LogP contribution in [0.2, 0.25) is 0 Å². The minimum atomic E-state index is -0.282. The summed E-state index contributed by atoms with van der Waals surface area (Å²) in [6.07, 6.45) is 6.05. The third-order valence-electron chi connectivity index (χ3n) is 3.41. The molecule has 0 amide bonds. The van der Waals surface area contributed by atoms with Gasteiger partial charge in [-0.25, -0.2) is 4.79 Å². The first-order valence-corrected chi connectivity index (χ1v) is 6.67. The standard InChI is InChI=1S/C13H18N2O3/c1-2-17-13(16)10-8-15(9-5-6-9)14-12(10)11-4-3-7-18-11/h8-9,11H,2-7H2,1H3/t11-/m1/s1.